The maximum atomic E-state index is 3.56. The Kier molecular flexibility index (Phi) is 5.63. The summed E-state index contributed by atoms with van der Waals surface area (Å²) in [4.78, 5) is 2.59. The topological polar surface area (TPSA) is 15.3 Å². The highest BCUT2D eigenvalue weighted by atomic mass is 32.2. The lowest BCUT2D eigenvalue weighted by Crippen LogP contribution is -2.19. The van der Waals surface area contributed by atoms with Gasteiger partial charge in [0.15, 0.2) is 0 Å². The summed E-state index contributed by atoms with van der Waals surface area (Å²) in [6.45, 7) is 3.45. The minimum absolute atomic E-state index is 0.669. The summed E-state index contributed by atoms with van der Waals surface area (Å²) in [6, 6.07) is 19.9. The lowest BCUT2D eigenvalue weighted by molar-refractivity contribution is 0.327. The average Bonchev–Trinajstić information content (AvgIpc) is 3.07. The third-order valence-electron chi connectivity index (χ3n) is 5.61. The molecule has 2 aliphatic rings. The molecule has 0 radical (unpaired) electrons. The third kappa shape index (κ3) is 4.59. The van der Waals surface area contributed by atoms with Gasteiger partial charge in [0.1, 0.15) is 0 Å². The van der Waals surface area contributed by atoms with Crippen LogP contribution in [0.25, 0.3) is 0 Å². The summed E-state index contributed by atoms with van der Waals surface area (Å²) in [5.41, 5.74) is 4.18. The van der Waals surface area contributed by atoms with Gasteiger partial charge in [-0.15, -0.1) is 0 Å². The van der Waals surface area contributed by atoms with E-state index in [1.165, 1.54) is 61.3 Å². The van der Waals surface area contributed by atoms with E-state index >= 15 is 0 Å². The summed E-state index contributed by atoms with van der Waals surface area (Å²) in [5.74, 6) is 2.86. The van der Waals surface area contributed by atoms with Crippen molar-refractivity contribution in [3.63, 3.8) is 0 Å². The van der Waals surface area contributed by atoms with Gasteiger partial charge in [-0.25, -0.2) is 0 Å². The smallest absolute Gasteiger partial charge is 0.0442 e. The Morgan fingerprint density at radius 3 is 2.68 bits per heavy atom. The molecule has 2 aromatic carbocycles. The summed E-state index contributed by atoms with van der Waals surface area (Å²) < 4.78 is 3.56. The van der Waals surface area contributed by atoms with E-state index in [0.29, 0.717) is 5.92 Å². The number of hydrogen-bond donors (Lipinski definition) is 1. The first-order valence-electron chi connectivity index (χ1n) is 9.61. The van der Waals surface area contributed by atoms with Crippen molar-refractivity contribution >= 4 is 17.6 Å². The minimum Gasteiger partial charge on any atom is -0.330 e. The summed E-state index contributed by atoms with van der Waals surface area (Å²) in [5, 5.41) is 0. The fourth-order valence-corrected chi connectivity index (χ4v) is 4.79. The number of rotatable bonds is 7. The van der Waals surface area contributed by atoms with Crippen molar-refractivity contribution in [1.82, 2.24) is 4.90 Å². The van der Waals surface area contributed by atoms with E-state index in [0.717, 1.165) is 12.5 Å². The maximum Gasteiger partial charge on any atom is 0.0442 e. The van der Waals surface area contributed by atoms with Crippen LogP contribution in [-0.2, 0) is 6.54 Å². The Morgan fingerprint density at radius 1 is 1.00 bits per heavy atom. The van der Waals surface area contributed by atoms with Gasteiger partial charge in [0, 0.05) is 24.5 Å². The predicted molar refractivity (Wildman–Crippen MR) is 109 cm³/mol. The molecule has 1 aliphatic heterocycles. The largest absolute Gasteiger partial charge is 0.330 e. The molecular formula is C22H28N2S. The first kappa shape index (κ1) is 17.0. The van der Waals surface area contributed by atoms with Gasteiger partial charge < -0.3 is 4.72 Å². The second kappa shape index (κ2) is 8.29. The van der Waals surface area contributed by atoms with Crippen molar-refractivity contribution in [2.75, 3.05) is 23.6 Å². The summed E-state index contributed by atoms with van der Waals surface area (Å²) in [7, 11) is 0. The van der Waals surface area contributed by atoms with Crippen molar-refractivity contribution in [2.24, 2.45) is 5.92 Å². The Hall–Kier alpha value is -1.45. The molecule has 0 bridgehead atoms. The number of anilines is 1. The zero-order valence-electron chi connectivity index (χ0n) is 14.9. The molecule has 1 aliphatic carbocycles. The molecule has 2 fully saturated rings. The molecule has 25 heavy (non-hydrogen) atoms. The Labute approximate surface area is 156 Å². The second-order valence-electron chi connectivity index (χ2n) is 7.54. The molecule has 2 nitrogen and oxygen atoms in total. The van der Waals surface area contributed by atoms with Crippen LogP contribution in [0.5, 0.6) is 0 Å². The van der Waals surface area contributed by atoms with Crippen molar-refractivity contribution in [2.45, 2.75) is 38.1 Å². The number of likely N-dealkylation sites (tertiary alicyclic amines) is 1. The molecule has 132 valence electrons. The van der Waals surface area contributed by atoms with E-state index in [-0.39, 0.29) is 0 Å². The van der Waals surface area contributed by atoms with Crippen LogP contribution < -0.4 is 4.72 Å². The molecule has 3 heteroatoms. The number of nitrogens with zero attached hydrogens (tertiary/aromatic N) is 1. The number of benzene rings is 2. The molecule has 1 saturated carbocycles. The van der Waals surface area contributed by atoms with Gasteiger partial charge in [0.25, 0.3) is 0 Å². The highest BCUT2D eigenvalue weighted by molar-refractivity contribution is 8.00. The first-order valence-corrected chi connectivity index (χ1v) is 10.6. The highest BCUT2D eigenvalue weighted by Crippen LogP contribution is 2.32. The second-order valence-corrected chi connectivity index (χ2v) is 8.37. The quantitative estimate of drug-likeness (QED) is 0.659. The zero-order chi connectivity index (χ0) is 16.9. The molecule has 0 amide bonds. The van der Waals surface area contributed by atoms with Gasteiger partial charge in [-0.2, -0.15) is 0 Å². The third-order valence-corrected chi connectivity index (χ3v) is 6.63. The van der Waals surface area contributed by atoms with Crippen LogP contribution in [0.4, 0.5) is 5.69 Å². The van der Waals surface area contributed by atoms with Gasteiger partial charge >= 0.3 is 0 Å². The van der Waals surface area contributed by atoms with E-state index in [1.54, 1.807) is 0 Å². The monoisotopic (exact) mass is 352 g/mol. The SMILES string of the molecule is c1ccc(CN2CCC(c3cccc(NSCC4CCC4)c3)C2)cc1. The van der Waals surface area contributed by atoms with E-state index < -0.39 is 0 Å². The fourth-order valence-electron chi connectivity index (χ4n) is 3.85. The Bertz CT molecular complexity index is 669. The van der Waals surface area contributed by atoms with Gasteiger partial charge in [0.2, 0.25) is 0 Å². The van der Waals surface area contributed by atoms with Crippen LogP contribution in [-0.4, -0.2) is 23.7 Å². The standard InChI is InChI=1S/C22H28N2S/c1-2-6-18(7-3-1)15-24-13-12-21(16-24)20-10-5-11-22(14-20)23-25-17-19-8-4-9-19/h1-3,5-7,10-11,14,19,21,23H,4,8-9,12-13,15-17H2. The average molecular weight is 353 g/mol. The van der Waals surface area contributed by atoms with Gasteiger partial charge in [-0.05, 0) is 60.9 Å². The van der Waals surface area contributed by atoms with Crippen LogP contribution in [0, 0.1) is 5.92 Å². The summed E-state index contributed by atoms with van der Waals surface area (Å²) in [6.07, 6.45) is 5.55. The van der Waals surface area contributed by atoms with Crippen molar-refractivity contribution in [1.29, 1.82) is 0 Å². The lowest BCUT2D eigenvalue weighted by atomic mass is 9.87. The predicted octanol–water partition coefficient (Wildman–Crippen LogP) is 5.54. The maximum absolute atomic E-state index is 3.56. The normalized spacial score (nSPS) is 21.2. The lowest BCUT2D eigenvalue weighted by Gasteiger charge is -2.24. The van der Waals surface area contributed by atoms with Gasteiger partial charge in [-0.1, -0.05) is 60.8 Å². The molecule has 1 N–H and O–H groups in total. The Morgan fingerprint density at radius 2 is 1.88 bits per heavy atom. The molecule has 0 aromatic heterocycles. The number of hydrogen-bond acceptors (Lipinski definition) is 3. The molecule has 4 rings (SSSR count). The molecule has 0 spiro atoms. The van der Waals surface area contributed by atoms with Crippen LogP contribution in [0.15, 0.2) is 54.6 Å². The van der Waals surface area contributed by atoms with Crippen LogP contribution in [0.1, 0.15) is 42.7 Å². The number of nitrogens with one attached hydrogen (secondary N) is 1. The van der Waals surface area contributed by atoms with Gasteiger partial charge in [0.05, 0.1) is 0 Å². The molecule has 1 heterocycles. The van der Waals surface area contributed by atoms with Crippen LogP contribution in [0.3, 0.4) is 0 Å². The molecular weight excluding hydrogens is 324 g/mol. The van der Waals surface area contributed by atoms with Crippen molar-refractivity contribution in [3.8, 4) is 0 Å². The van der Waals surface area contributed by atoms with Gasteiger partial charge in [-0.3, -0.25) is 4.90 Å². The molecule has 2 aromatic rings. The fraction of sp³-hybridized carbons (Fsp3) is 0.455. The Balaban J connectivity index is 1.30. The molecule has 1 saturated heterocycles. The minimum atomic E-state index is 0.669. The van der Waals surface area contributed by atoms with Crippen LogP contribution in [0.2, 0.25) is 0 Å². The van der Waals surface area contributed by atoms with Crippen molar-refractivity contribution in [3.05, 3.63) is 65.7 Å². The first-order chi connectivity index (χ1) is 12.4. The van der Waals surface area contributed by atoms with E-state index in [4.69, 9.17) is 0 Å². The zero-order valence-corrected chi connectivity index (χ0v) is 15.7. The van der Waals surface area contributed by atoms with E-state index in [2.05, 4.69) is 64.2 Å². The van der Waals surface area contributed by atoms with E-state index in [9.17, 15) is 0 Å². The summed E-state index contributed by atoms with van der Waals surface area (Å²) >= 11 is 1.88. The molecule has 1 unspecified atom stereocenters. The van der Waals surface area contributed by atoms with Crippen molar-refractivity contribution < 1.29 is 0 Å². The van der Waals surface area contributed by atoms with Crippen LogP contribution >= 0.6 is 11.9 Å². The molecule has 1 atom stereocenters. The van der Waals surface area contributed by atoms with E-state index in [1.807, 2.05) is 11.9 Å². The highest BCUT2D eigenvalue weighted by Gasteiger charge is 2.24.